The average Bonchev–Trinajstić information content (AvgIpc) is 2.60. The summed E-state index contributed by atoms with van der Waals surface area (Å²) in [5.41, 5.74) is 0. The van der Waals surface area contributed by atoms with Crippen LogP contribution in [-0.4, -0.2) is 93.9 Å². The first-order valence-electron chi connectivity index (χ1n) is 11.5. The summed E-state index contributed by atoms with van der Waals surface area (Å²) >= 11 is 0. The second-order valence-electron chi connectivity index (χ2n) is 8.29. The van der Waals surface area contributed by atoms with Crippen LogP contribution in [0.5, 0.6) is 0 Å². The number of hydrogen-bond donors (Lipinski definition) is 4. The minimum atomic E-state index is -0.386. The Morgan fingerprint density at radius 3 is 0.857 bits per heavy atom. The molecule has 6 nitrogen and oxygen atoms in total. The van der Waals surface area contributed by atoms with Crippen LogP contribution in [0, 0.1) is 0 Å². The summed E-state index contributed by atoms with van der Waals surface area (Å²) in [5, 5.41) is 41.0. The van der Waals surface area contributed by atoms with Gasteiger partial charge in [-0.2, -0.15) is 0 Å². The molecule has 6 heteroatoms. The molecular weight excluding hydrogens is 356 g/mol. The quantitative estimate of drug-likeness (QED) is 0.264. The molecule has 0 aromatic carbocycles. The highest BCUT2D eigenvalue weighted by atomic mass is 16.3. The van der Waals surface area contributed by atoms with E-state index < -0.39 is 0 Å². The molecule has 4 unspecified atom stereocenters. The molecule has 0 heterocycles. The summed E-state index contributed by atoms with van der Waals surface area (Å²) in [6.07, 6.45) is 5.23. The van der Waals surface area contributed by atoms with Crippen molar-refractivity contribution in [3.05, 3.63) is 0 Å². The van der Waals surface area contributed by atoms with Gasteiger partial charge in [-0.25, -0.2) is 0 Å². The Morgan fingerprint density at radius 2 is 0.679 bits per heavy atom. The maximum Gasteiger partial charge on any atom is 0.0667 e. The van der Waals surface area contributed by atoms with E-state index in [0.717, 1.165) is 51.4 Å². The second-order valence-corrected chi connectivity index (χ2v) is 8.29. The van der Waals surface area contributed by atoms with Gasteiger partial charge in [0.1, 0.15) is 0 Å². The maximum absolute atomic E-state index is 10.2. The van der Waals surface area contributed by atoms with E-state index in [0.29, 0.717) is 39.3 Å². The van der Waals surface area contributed by atoms with E-state index in [1.807, 2.05) is 0 Å². The minimum Gasteiger partial charge on any atom is -0.392 e. The highest BCUT2D eigenvalue weighted by molar-refractivity contribution is 4.74. The fraction of sp³-hybridized carbons (Fsp3) is 1.00. The van der Waals surface area contributed by atoms with Crippen molar-refractivity contribution in [3.8, 4) is 0 Å². The zero-order chi connectivity index (χ0) is 21.4. The lowest BCUT2D eigenvalue weighted by molar-refractivity contribution is 0.0358. The number of aliphatic hydroxyl groups is 4. The molecule has 0 rings (SSSR count). The molecule has 0 aromatic heterocycles. The molecule has 4 N–H and O–H groups in total. The predicted octanol–water partition coefficient (Wildman–Crippen LogP) is 2.23. The maximum atomic E-state index is 10.2. The molecule has 4 atom stereocenters. The van der Waals surface area contributed by atoms with Gasteiger partial charge in [-0.15, -0.1) is 0 Å². The smallest absolute Gasteiger partial charge is 0.0667 e. The van der Waals surface area contributed by atoms with E-state index in [1.54, 1.807) is 0 Å². The summed E-state index contributed by atoms with van der Waals surface area (Å²) in [7, 11) is 0. The third-order valence-corrected chi connectivity index (χ3v) is 5.10. The first-order valence-corrected chi connectivity index (χ1v) is 11.5. The van der Waals surface area contributed by atoms with Crippen LogP contribution in [0.1, 0.15) is 79.1 Å². The van der Waals surface area contributed by atoms with E-state index in [-0.39, 0.29) is 24.4 Å². The molecule has 0 aliphatic carbocycles. The molecule has 0 aromatic rings. The monoisotopic (exact) mass is 404 g/mol. The van der Waals surface area contributed by atoms with Crippen molar-refractivity contribution in [2.75, 3.05) is 39.3 Å². The van der Waals surface area contributed by atoms with Gasteiger partial charge in [0.15, 0.2) is 0 Å². The average molecular weight is 405 g/mol. The first-order chi connectivity index (χ1) is 13.4. The molecule has 0 amide bonds. The summed E-state index contributed by atoms with van der Waals surface area (Å²) in [4.78, 5) is 4.26. The Bertz CT molecular complexity index is 286. The molecule has 0 radical (unpaired) electrons. The van der Waals surface area contributed by atoms with E-state index in [9.17, 15) is 20.4 Å². The van der Waals surface area contributed by atoms with Crippen LogP contribution in [0.25, 0.3) is 0 Å². The standard InChI is InChI=1S/C22H48N2O4/c1-5-9-19(25)15-23(16-20(26)10-6-2)13-14-24(17-21(27)11-7-3)18-22(28)12-8-4/h19-22,25-28H,5-18H2,1-4H3. The zero-order valence-corrected chi connectivity index (χ0v) is 18.9. The highest BCUT2D eigenvalue weighted by Gasteiger charge is 2.19. The van der Waals surface area contributed by atoms with E-state index >= 15 is 0 Å². The van der Waals surface area contributed by atoms with Crippen molar-refractivity contribution in [1.29, 1.82) is 0 Å². The Balaban J connectivity index is 4.86. The SMILES string of the molecule is CCCC(O)CN(CCN(CC(O)CCC)CC(O)CCC)CC(O)CCC. The predicted molar refractivity (Wildman–Crippen MR) is 117 cm³/mol. The largest absolute Gasteiger partial charge is 0.392 e. The van der Waals surface area contributed by atoms with Gasteiger partial charge in [0, 0.05) is 39.3 Å². The van der Waals surface area contributed by atoms with Crippen molar-refractivity contribution in [2.24, 2.45) is 0 Å². The van der Waals surface area contributed by atoms with E-state index in [4.69, 9.17) is 0 Å². The molecular formula is C22H48N2O4. The van der Waals surface area contributed by atoms with Gasteiger partial charge < -0.3 is 20.4 Å². The number of hydrogen-bond acceptors (Lipinski definition) is 6. The van der Waals surface area contributed by atoms with E-state index in [2.05, 4.69) is 37.5 Å². The molecule has 0 saturated carbocycles. The highest BCUT2D eigenvalue weighted by Crippen LogP contribution is 2.08. The van der Waals surface area contributed by atoms with E-state index in [1.165, 1.54) is 0 Å². The normalized spacial score (nSPS) is 16.5. The lowest BCUT2D eigenvalue weighted by atomic mass is 10.1. The summed E-state index contributed by atoms with van der Waals surface area (Å²) in [6.45, 7) is 11.9. The van der Waals surface area contributed by atoms with Crippen molar-refractivity contribution >= 4 is 0 Å². The van der Waals surface area contributed by atoms with Gasteiger partial charge in [-0.1, -0.05) is 53.4 Å². The first kappa shape index (κ1) is 27.8. The lowest BCUT2D eigenvalue weighted by Crippen LogP contribution is -2.45. The van der Waals surface area contributed by atoms with Gasteiger partial charge in [0.05, 0.1) is 24.4 Å². The van der Waals surface area contributed by atoms with Crippen molar-refractivity contribution in [1.82, 2.24) is 9.80 Å². The molecule has 0 saturated heterocycles. The Morgan fingerprint density at radius 1 is 0.464 bits per heavy atom. The van der Waals surface area contributed by atoms with Crippen LogP contribution >= 0.6 is 0 Å². The molecule has 170 valence electrons. The zero-order valence-electron chi connectivity index (χ0n) is 18.9. The van der Waals surface area contributed by atoms with Crippen molar-refractivity contribution < 1.29 is 20.4 Å². The van der Waals surface area contributed by atoms with Crippen molar-refractivity contribution in [3.63, 3.8) is 0 Å². The molecule has 0 aliphatic heterocycles. The summed E-state index contributed by atoms with van der Waals surface area (Å²) in [5.74, 6) is 0. The lowest BCUT2D eigenvalue weighted by Gasteiger charge is -2.32. The Labute approximate surface area is 173 Å². The van der Waals surface area contributed by atoms with Crippen LogP contribution in [0.15, 0.2) is 0 Å². The molecule has 0 aliphatic rings. The summed E-state index contributed by atoms with van der Waals surface area (Å²) in [6, 6.07) is 0. The fourth-order valence-corrected chi connectivity index (χ4v) is 3.69. The second kappa shape index (κ2) is 17.6. The minimum absolute atomic E-state index is 0.386. The van der Waals surface area contributed by atoms with Gasteiger partial charge in [0.25, 0.3) is 0 Å². The number of rotatable bonds is 19. The summed E-state index contributed by atoms with van der Waals surface area (Å²) < 4.78 is 0. The molecule has 0 bridgehead atoms. The molecule has 0 fully saturated rings. The third kappa shape index (κ3) is 14.7. The van der Waals surface area contributed by atoms with Crippen LogP contribution in [0.2, 0.25) is 0 Å². The Hall–Kier alpha value is -0.240. The fourth-order valence-electron chi connectivity index (χ4n) is 3.69. The van der Waals surface area contributed by atoms with Crippen LogP contribution < -0.4 is 0 Å². The molecule has 28 heavy (non-hydrogen) atoms. The van der Waals surface area contributed by atoms with Gasteiger partial charge in [0.2, 0.25) is 0 Å². The van der Waals surface area contributed by atoms with Gasteiger partial charge >= 0.3 is 0 Å². The topological polar surface area (TPSA) is 87.4 Å². The third-order valence-electron chi connectivity index (χ3n) is 5.10. The van der Waals surface area contributed by atoms with Crippen LogP contribution in [0.3, 0.4) is 0 Å². The van der Waals surface area contributed by atoms with Gasteiger partial charge in [-0.3, -0.25) is 9.80 Å². The van der Waals surface area contributed by atoms with Crippen LogP contribution in [0.4, 0.5) is 0 Å². The van der Waals surface area contributed by atoms with Gasteiger partial charge in [-0.05, 0) is 25.7 Å². The van der Waals surface area contributed by atoms with Crippen molar-refractivity contribution in [2.45, 2.75) is 103 Å². The molecule has 0 spiro atoms. The van der Waals surface area contributed by atoms with Crippen LogP contribution in [-0.2, 0) is 0 Å². The Kier molecular flexibility index (Phi) is 17.5. The number of nitrogens with zero attached hydrogens (tertiary/aromatic N) is 2. The number of aliphatic hydroxyl groups excluding tert-OH is 4.